The number of aryl methyl sites for hydroxylation is 1. The number of amides is 1. The van der Waals surface area contributed by atoms with Crippen LogP contribution in [0, 0.1) is 12.7 Å². The maximum Gasteiger partial charge on any atom is 0.350 e. The summed E-state index contributed by atoms with van der Waals surface area (Å²) < 4.78 is 17.5. The molecule has 0 saturated carbocycles. The van der Waals surface area contributed by atoms with Crippen LogP contribution in [-0.2, 0) is 11.3 Å². The Hall–Kier alpha value is -3.98. The second-order valence-corrected chi connectivity index (χ2v) is 7.74. The first-order valence-electron chi connectivity index (χ1n) is 9.68. The van der Waals surface area contributed by atoms with Crippen molar-refractivity contribution in [2.75, 3.05) is 5.32 Å². The first kappa shape index (κ1) is 20.0. The van der Waals surface area contributed by atoms with Crippen LogP contribution in [0.4, 0.5) is 10.1 Å². The molecule has 10 heteroatoms. The van der Waals surface area contributed by atoms with Gasteiger partial charge < -0.3 is 5.32 Å². The number of anilines is 1. The van der Waals surface area contributed by atoms with Gasteiger partial charge in [-0.1, -0.05) is 29.8 Å². The number of rotatable bonds is 4. The second-order valence-electron chi connectivity index (χ2n) is 7.31. The fraction of sp³-hybridized carbons (Fsp3) is 0.0909. The number of aromatic nitrogens is 5. The molecule has 32 heavy (non-hydrogen) atoms. The van der Waals surface area contributed by atoms with E-state index in [0.29, 0.717) is 33.1 Å². The van der Waals surface area contributed by atoms with Gasteiger partial charge in [-0.3, -0.25) is 4.79 Å². The van der Waals surface area contributed by atoms with Crippen molar-refractivity contribution in [1.82, 2.24) is 23.8 Å². The van der Waals surface area contributed by atoms with Gasteiger partial charge in [-0.2, -0.15) is 5.10 Å². The number of nitrogens with one attached hydrogen (secondary N) is 1. The molecule has 160 valence electrons. The summed E-state index contributed by atoms with van der Waals surface area (Å²) >= 11 is 5.96. The van der Waals surface area contributed by atoms with Crippen molar-refractivity contribution in [3.63, 3.8) is 0 Å². The Morgan fingerprint density at radius 2 is 1.88 bits per heavy atom. The van der Waals surface area contributed by atoms with E-state index >= 15 is 0 Å². The van der Waals surface area contributed by atoms with E-state index < -0.39 is 17.4 Å². The molecule has 0 radical (unpaired) electrons. The molecule has 5 aromatic rings. The lowest BCUT2D eigenvalue weighted by Crippen LogP contribution is -2.28. The van der Waals surface area contributed by atoms with Crippen LogP contribution in [0.25, 0.3) is 22.4 Å². The molecule has 0 aliphatic heterocycles. The van der Waals surface area contributed by atoms with Crippen LogP contribution in [0.1, 0.15) is 5.56 Å². The zero-order valence-corrected chi connectivity index (χ0v) is 17.5. The molecule has 0 aliphatic carbocycles. The Morgan fingerprint density at radius 1 is 1.09 bits per heavy atom. The third-order valence-electron chi connectivity index (χ3n) is 5.10. The Morgan fingerprint density at radius 3 is 2.66 bits per heavy atom. The highest BCUT2D eigenvalue weighted by Crippen LogP contribution is 2.23. The van der Waals surface area contributed by atoms with Gasteiger partial charge in [0.05, 0.1) is 5.69 Å². The van der Waals surface area contributed by atoms with E-state index in [4.69, 9.17) is 11.6 Å². The van der Waals surface area contributed by atoms with E-state index in [-0.39, 0.29) is 6.54 Å². The number of hydrogen-bond acceptors (Lipinski definition) is 4. The molecule has 5 rings (SSSR count). The van der Waals surface area contributed by atoms with Gasteiger partial charge in [0.2, 0.25) is 5.91 Å². The predicted octanol–water partition coefficient (Wildman–Crippen LogP) is 3.55. The van der Waals surface area contributed by atoms with Crippen LogP contribution in [0.3, 0.4) is 0 Å². The monoisotopic (exact) mass is 450 g/mol. The van der Waals surface area contributed by atoms with Gasteiger partial charge in [0.15, 0.2) is 5.65 Å². The van der Waals surface area contributed by atoms with Gasteiger partial charge in [0.1, 0.15) is 17.9 Å². The SMILES string of the molecule is Cc1ccc(F)cc1NC(=O)Cn1nc2c3cc(-c4ccc(Cl)cc4)nn3ccn2c1=O. The van der Waals surface area contributed by atoms with Crippen molar-refractivity contribution in [3.8, 4) is 11.3 Å². The zero-order valence-electron chi connectivity index (χ0n) is 16.8. The number of nitrogens with zero attached hydrogens (tertiary/aromatic N) is 5. The fourth-order valence-electron chi connectivity index (χ4n) is 3.45. The number of benzene rings is 2. The topological polar surface area (TPSA) is 85.7 Å². The van der Waals surface area contributed by atoms with E-state index in [0.717, 1.165) is 10.2 Å². The molecular formula is C22H16ClFN6O2. The normalized spacial score (nSPS) is 11.3. The molecule has 2 aromatic carbocycles. The largest absolute Gasteiger partial charge is 0.350 e. The second kappa shape index (κ2) is 7.61. The molecule has 3 aromatic heterocycles. The molecule has 0 unspecified atom stereocenters. The Bertz CT molecular complexity index is 1550. The van der Waals surface area contributed by atoms with Crippen molar-refractivity contribution in [2.45, 2.75) is 13.5 Å². The minimum Gasteiger partial charge on any atom is -0.324 e. The van der Waals surface area contributed by atoms with Crippen LogP contribution < -0.4 is 11.0 Å². The van der Waals surface area contributed by atoms with Gasteiger partial charge in [0.25, 0.3) is 0 Å². The first-order valence-corrected chi connectivity index (χ1v) is 10.1. The highest BCUT2D eigenvalue weighted by molar-refractivity contribution is 6.30. The molecule has 0 aliphatic rings. The van der Waals surface area contributed by atoms with Gasteiger partial charge >= 0.3 is 5.69 Å². The lowest BCUT2D eigenvalue weighted by atomic mass is 10.1. The minimum atomic E-state index is -0.490. The van der Waals surface area contributed by atoms with Gasteiger partial charge in [0, 0.05) is 28.7 Å². The number of carbonyl (C=O) groups excluding carboxylic acids is 1. The molecule has 0 saturated heterocycles. The smallest absolute Gasteiger partial charge is 0.324 e. The summed E-state index contributed by atoms with van der Waals surface area (Å²) in [4.78, 5) is 25.3. The fourth-order valence-corrected chi connectivity index (χ4v) is 3.58. The van der Waals surface area contributed by atoms with E-state index in [9.17, 15) is 14.0 Å². The van der Waals surface area contributed by atoms with E-state index in [1.165, 1.54) is 16.5 Å². The minimum absolute atomic E-state index is 0.319. The molecule has 0 atom stereocenters. The maximum absolute atomic E-state index is 13.5. The summed E-state index contributed by atoms with van der Waals surface area (Å²) in [6.07, 6.45) is 3.19. The van der Waals surface area contributed by atoms with Crippen LogP contribution in [0.15, 0.2) is 65.7 Å². The molecule has 3 heterocycles. The van der Waals surface area contributed by atoms with Crippen LogP contribution in [0.2, 0.25) is 5.02 Å². The van der Waals surface area contributed by atoms with E-state index in [1.54, 1.807) is 42.0 Å². The van der Waals surface area contributed by atoms with E-state index in [1.807, 2.05) is 18.2 Å². The van der Waals surface area contributed by atoms with Gasteiger partial charge in [-0.25, -0.2) is 22.8 Å². The van der Waals surface area contributed by atoms with Crippen molar-refractivity contribution in [3.05, 3.63) is 87.8 Å². The molecule has 0 fully saturated rings. The summed E-state index contributed by atoms with van der Waals surface area (Å²) in [7, 11) is 0. The third kappa shape index (κ3) is 3.52. The van der Waals surface area contributed by atoms with Gasteiger partial charge in [-0.05, 0) is 42.8 Å². The highest BCUT2D eigenvalue weighted by atomic mass is 35.5. The van der Waals surface area contributed by atoms with Crippen LogP contribution >= 0.6 is 11.6 Å². The number of halogens is 2. The van der Waals surface area contributed by atoms with Crippen molar-refractivity contribution >= 4 is 34.4 Å². The highest BCUT2D eigenvalue weighted by Gasteiger charge is 2.16. The quantitative estimate of drug-likeness (QED) is 0.453. The average Bonchev–Trinajstić information content (AvgIpc) is 3.33. The summed E-state index contributed by atoms with van der Waals surface area (Å²) in [6, 6.07) is 13.2. The molecular weight excluding hydrogens is 435 g/mol. The Kier molecular flexibility index (Phi) is 4.75. The number of carbonyl (C=O) groups is 1. The van der Waals surface area contributed by atoms with E-state index in [2.05, 4.69) is 15.5 Å². The Labute approximate surface area is 185 Å². The van der Waals surface area contributed by atoms with Crippen LogP contribution in [0.5, 0.6) is 0 Å². The number of fused-ring (bicyclic) bond motifs is 3. The van der Waals surface area contributed by atoms with Gasteiger partial charge in [-0.15, -0.1) is 5.10 Å². The summed E-state index contributed by atoms with van der Waals surface area (Å²) in [5.41, 5.74) is 3.10. The third-order valence-corrected chi connectivity index (χ3v) is 5.35. The molecule has 1 amide bonds. The molecule has 0 bridgehead atoms. The maximum atomic E-state index is 13.5. The Balaban J connectivity index is 1.49. The van der Waals surface area contributed by atoms with Crippen LogP contribution in [-0.4, -0.2) is 29.7 Å². The summed E-state index contributed by atoms with van der Waals surface area (Å²) in [5, 5.41) is 12.1. The van der Waals surface area contributed by atoms with Crippen molar-refractivity contribution in [1.29, 1.82) is 0 Å². The first-order chi connectivity index (χ1) is 15.4. The lowest BCUT2D eigenvalue weighted by Gasteiger charge is -2.07. The number of hydrogen-bond donors (Lipinski definition) is 1. The van der Waals surface area contributed by atoms with Crippen molar-refractivity contribution in [2.24, 2.45) is 0 Å². The zero-order chi connectivity index (χ0) is 22.4. The summed E-state index contributed by atoms with van der Waals surface area (Å²) in [5.74, 6) is -0.953. The molecule has 0 spiro atoms. The lowest BCUT2D eigenvalue weighted by molar-refractivity contribution is -0.117. The molecule has 1 N–H and O–H groups in total. The molecule has 8 nitrogen and oxygen atoms in total. The van der Waals surface area contributed by atoms with Crippen molar-refractivity contribution < 1.29 is 9.18 Å². The standard InChI is InChI=1S/C22H16ClFN6O2/c1-13-2-7-16(24)10-17(13)25-20(31)12-30-22(32)28-8-9-29-19(21(28)27-30)11-18(26-29)14-3-5-15(23)6-4-14/h2-11H,12H2,1H3,(H,25,31). The predicted molar refractivity (Wildman–Crippen MR) is 118 cm³/mol. The average molecular weight is 451 g/mol. The summed E-state index contributed by atoms with van der Waals surface area (Å²) in [6.45, 7) is 1.43.